The zero-order valence-corrected chi connectivity index (χ0v) is 17.4. The van der Waals surface area contributed by atoms with Crippen LogP contribution in [0.25, 0.3) is 5.69 Å². The molecule has 1 heterocycles. The Labute approximate surface area is 183 Å². The number of tetrazole rings is 1. The highest BCUT2D eigenvalue weighted by Crippen LogP contribution is 2.20. The number of nitrogens with zero attached hydrogens (tertiary/aromatic N) is 5. The van der Waals surface area contributed by atoms with Gasteiger partial charge in [-0.3, -0.25) is 9.59 Å². The van der Waals surface area contributed by atoms with Crippen LogP contribution in [0.15, 0.2) is 53.7 Å². The molecule has 2 aromatic carbocycles. The van der Waals surface area contributed by atoms with E-state index in [1.807, 2.05) is 0 Å². The van der Waals surface area contributed by atoms with E-state index in [2.05, 4.69) is 33.5 Å². The first-order valence-electron chi connectivity index (χ1n) is 9.31. The van der Waals surface area contributed by atoms with Gasteiger partial charge in [0.05, 0.1) is 5.69 Å². The zero-order valence-electron chi connectivity index (χ0n) is 16.5. The van der Waals surface area contributed by atoms with Crippen molar-refractivity contribution in [3.8, 4) is 5.69 Å². The summed E-state index contributed by atoms with van der Waals surface area (Å²) in [5, 5.41) is 23.6. The second kappa shape index (κ2) is 9.85. The van der Waals surface area contributed by atoms with E-state index < -0.39 is 12.0 Å². The van der Waals surface area contributed by atoms with Crippen molar-refractivity contribution in [2.24, 2.45) is 0 Å². The third-order valence-electron chi connectivity index (χ3n) is 4.59. The molecule has 3 rings (SSSR count). The van der Waals surface area contributed by atoms with Crippen LogP contribution in [0.3, 0.4) is 0 Å². The lowest BCUT2D eigenvalue weighted by Gasteiger charge is -2.28. The number of benzene rings is 2. The van der Waals surface area contributed by atoms with E-state index >= 15 is 0 Å². The molecule has 31 heavy (non-hydrogen) atoms. The Kier molecular flexibility index (Phi) is 6.98. The maximum absolute atomic E-state index is 12.5. The summed E-state index contributed by atoms with van der Waals surface area (Å²) in [6.07, 6.45) is 0.766. The van der Waals surface area contributed by atoms with Crippen LogP contribution in [-0.4, -0.2) is 56.1 Å². The van der Waals surface area contributed by atoms with E-state index in [1.165, 1.54) is 4.68 Å². The number of hydrogen-bond acceptors (Lipinski definition) is 8. The summed E-state index contributed by atoms with van der Waals surface area (Å²) in [5.74, 6) is -1.30. The highest BCUT2D eigenvalue weighted by atomic mass is 32.1. The van der Waals surface area contributed by atoms with Gasteiger partial charge in [-0.15, -0.1) is 17.7 Å². The number of aliphatic carboxylic acids is 1. The topological polar surface area (TPSA) is 130 Å². The quantitative estimate of drug-likeness (QED) is 0.341. The second-order valence-electron chi connectivity index (χ2n) is 6.66. The predicted octanol–water partition coefficient (Wildman–Crippen LogP) is 2.07. The number of amides is 1. The second-order valence-corrected chi connectivity index (χ2v) is 7.06. The van der Waals surface area contributed by atoms with Crippen LogP contribution in [0.4, 0.5) is 11.4 Å². The first-order valence-corrected chi connectivity index (χ1v) is 9.76. The van der Waals surface area contributed by atoms with Crippen molar-refractivity contribution in [3.05, 3.63) is 54.1 Å². The van der Waals surface area contributed by atoms with Gasteiger partial charge >= 0.3 is 5.97 Å². The Morgan fingerprint density at radius 1 is 1.26 bits per heavy atom. The van der Waals surface area contributed by atoms with Crippen molar-refractivity contribution >= 4 is 42.2 Å². The fraction of sp³-hybridized carbons (Fsp3) is 0.200. The molecule has 0 saturated heterocycles. The van der Waals surface area contributed by atoms with Gasteiger partial charge in [0.1, 0.15) is 12.3 Å². The van der Waals surface area contributed by atoms with E-state index in [-0.39, 0.29) is 18.9 Å². The average Bonchev–Trinajstić information content (AvgIpc) is 3.20. The van der Waals surface area contributed by atoms with Gasteiger partial charge in [-0.25, -0.2) is 4.79 Å². The van der Waals surface area contributed by atoms with Crippen LogP contribution in [0.1, 0.15) is 23.7 Å². The molecule has 160 valence electrons. The number of thiol groups is 1. The molecule has 1 atom stereocenters. The van der Waals surface area contributed by atoms with Crippen molar-refractivity contribution in [1.29, 1.82) is 0 Å². The molecule has 0 aliphatic carbocycles. The predicted molar refractivity (Wildman–Crippen MR) is 116 cm³/mol. The smallest absolute Gasteiger partial charge is 0.326 e. The van der Waals surface area contributed by atoms with Crippen molar-refractivity contribution < 1.29 is 19.5 Å². The summed E-state index contributed by atoms with van der Waals surface area (Å²) in [6, 6.07) is 12.6. The van der Waals surface area contributed by atoms with Gasteiger partial charge in [0.2, 0.25) is 11.1 Å². The highest BCUT2D eigenvalue weighted by Gasteiger charge is 2.22. The first kappa shape index (κ1) is 22.0. The van der Waals surface area contributed by atoms with Gasteiger partial charge in [0.25, 0.3) is 0 Å². The number of carbonyl (C=O) groups excluding carboxylic acids is 2. The number of hydrogen-bond donors (Lipinski definition) is 3. The monoisotopic (exact) mass is 440 g/mol. The van der Waals surface area contributed by atoms with Gasteiger partial charge < -0.3 is 15.3 Å². The molecule has 1 aromatic heterocycles. The molecule has 10 nitrogen and oxygen atoms in total. The highest BCUT2D eigenvalue weighted by molar-refractivity contribution is 7.80. The van der Waals surface area contributed by atoms with Crippen LogP contribution in [-0.2, 0) is 9.59 Å². The molecule has 0 aliphatic rings. The average molecular weight is 440 g/mol. The molecule has 0 bridgehead atoms. The molecular formula is C20H20N6O4S. The van der Waals surface area contributed by atoms with E-state index in [4.69, 9.17) is 0 Å². The summed E-state index contributed by atoms with van der Waals surface area (Å²) in [4.78, 5) is 36.5. The normalized spacial score (nSPS) is 11.5. The Bertz CT molecular complexity index is 1090. The number of aldehydes is 1. The Hall–Kier alpha value is -3.73. The summed E-state index contributed by atoms with van der Waals surface area (Å²) in [7, 11) is 0. The molecule has 0 aliphatic heterocycles. The van der Waals surface area contributed by atoms with E-state index in [0.717, 1.165) is 0 Å². The molecule has 1 unspecified atom stereocenters. The molecule has 0 spiro atoms. The van der Waals surface area contributed by atoms with Crippen LogP contribution in [0, 0.1) is 0 Å². The SMILES string of the molecule is CC(C(=O)O)N(CCC(=O)Nc1cccc(-n2nnnc2S)c1)c1ccc(C=O)cc1. The summed E-state index contributed by atoms with van der Waals surface area (Å²) >= 11 is 4.17. The molecule has 1 amide bonds. The third kappa shape index (κ3) is 5.45. The summed E-state index contributed by atoms with van der Waals surface area (Å²) in [6.45, 7) is 1.71. The van der Waals surface area contributed by atoms with Gasteiger partial charge in [-0.1, -0.05) is 6.07 Å². The molecule has 0 fully saturated rings. The number of nitrogens with one attached hydrogen (secondary N) is 1. The van der Waals surface area contributed by atoms with Crippen molar-refractivity contribution in [3.63, 3.8) is 0 Å². The van der Waals surface area contributed by atoms with Crippen LogP contribution in [0.5, 0.6) is 0 Å². The molecule has 11 heteroatoms. The van der Waals surface area contributed by atoms with Crippen molar-refractivity contribution in [2.45, 2.75) is 24.5 Å². The van der Waals surface area contributed by atoms with Crippen LogP contribution >= 0.6 is 12.6 Å². The lowest BCUT2D eigenvalue weighted by molar-refractivity contribution is -0.138. The molecule has 0 saturated carbocycles. The largest absolute Gasteiger partial charge is 0.480 e. The minimum atomic E-state index is -1.02. The van der Waals surface area contributed by atoms with Crippen LogP contribution < -0.4 is 10.2 Å². The van der Waals surface area contributed by atoms with E-state index in [9.17, 15) is 19.5 Å². The van der Waals surface area contributed by atoms with Gasteiger partial charge in [0, 0.05) is 29.9 Å². The molecule has 0 radical (unpaired) electrons. The summed E-state index contributed by atoms with van der Waals surface area (Å²) in [5.41, 5.74) is 2.26. The van der Waals surface area contributed by atoms with Crippen molar-refractivity contribution in [1.82, 2.24) is 20.2 Å². The first-order chi connectivity index (χ1) is 14.9. The molecule has 2 N–H and O–H groups in total. The summed E-state index contributed by atoms with van der Waals surface area (Å²) < 4.78 is 1.41. The number of aromatic nitrogens is 4. The number of rotatable bonds is 9. The standard InChI is InChI=1S/C20H20N6O4S/c1-13(19(29)30)25(16-7-5-14(12-27)6-8-16)10-9-18(28)21-15-3-2-4-17(11-15)26-20(31)22-23-24-26/h2-8,11-13H,9-10H2,1H3,(H,21,28)(H,29,30)(H,22,24,31). The Morgan fingerprint density at radius 2 is 2.00 bits per heavy atom. The zero-order chi connectivity index (χ0) is 22.4. The van der Waals surface area contributed by atoms with Crippen LogP contribution in [0.2, 0.25) is 0 Å². The lowest BCUT2D eigenvalue weighted by atomic mass is 10.1. The Morgan fingerprint density at radius 3 is 2.61 bits per heavy atom. The minimum absolute atomic E-state index is 0.0555. The van der Waals surface area contributed by atoms with E-state index in [0.29, 0.717) is 34.1 Å². The third-order valence-corrected chi connectivity index (χ3v) is 4.87. The van der Waals surface area contributed by atoms with E-state index in [1.54, 1.807) is 60.4 Å². The maximum Gasteiger partial charge on any atom is 0.326 e. The number of carboxylic acids is 1. The van der Waals surface area contributed by atoms with Crippen molar-refractivity contribution in [2.75, 3.05) is 16.8 Å². The van der Waals surface area contributed by atoms with Gasteiger partial charge in [-0.2, -0.15) is 4.68 Å². The van der Waals surface area contributed by atoms with Gasteiger partial charge in [-0.05, 0) is 59.8 Å². The lowest BCUT2D eigenvalue weighted by Crippen LogP contribution is -2.40. The minimum Gasteiger partial charge on any atom is -0.480 e. The number of anilines is 2. The molecule has 3 aromatic rings. The number of carbonyl (C=O) groups is 3. The van der Waals surface area contributed by atoms with Gasteiger partial charge in [0.15, 0.2) is 0 Å². The maximum atomic E-state index is 12.5. The fourth-order valence-corrected chi connectivity index (χ4v) is 3.13. The molecular weight excluding hydrogens is 420 g/mol. The Balaban J connectivity index is 1.69. The fourth-order valence-electron chi connectivity index (χ4n) is 2.93. The number of carboxylic acid groups (broad SMARTS) is 1.